The van der Waals surface area contributed by atoms with Gasteiger partial charge in [0.05, 0.1) is 0 Å². The van der Waals surface area contributed by atoms with Crippen molar-refractivity contribution in [3.8, 4) is 11.4 Å². The average molecular weight is 310 g/mol. The third-order valence-corrected chi connectivity index (χ3v) is 4.03. The first kappa shape index (κ1) is 14.3. The van der Waals surface area contributed by atoms with Gasteiger partial charge in [-0.2, -0.15) is 0 Å². The Kier molecular flexibility index (Phi) is 3.80. The summed E-state index contributed by atoms with van der Waals surface area (Å²) < 4.78 is 40.1. The fourth-order valence-electron chi connectivity index (χ4n) is 2.76. The van der Waals surface area contributed by atoms with Crippen molar-refractivity contribution >= 4 is 12.2 Å². The topological polar surface area (TPSA) is 28.7 Å². The van der Waals surface area contributed by atoms with E-state index >= 15 is 0 Å². The predicted molar refractivity (Wildman–Crippen MR) is 75.9 cm³/mol. The Morgan fingerprint density at radius 1 is 1.05 bits per heavy atom. The van der Waals surface area contributed by atoms with Crippen molar-refractivity contribution in [1.82, 2.24) is 9.97 Å². The van der Waals surface area contributed by atoms with Crippen LogP contribution in [0.15, 0.2) is 18.2 Å². The van der Waals surface area contributed by atoms with Crippen molar-refractivity contribution in [3.63, 3.8) is 0 Å². The van der Waals surface area contributed by atoms with Gasteiger partial charge in [0.1, 0.15) is 10.5 Å². The number of benzene rings is 1. The number of aromatic nitrogens is 2. The summed E-state index contributed by atoms with van der Waals surface area (Å²) >= 11 is 5.12. The van der Waals surface area contributed by atoms with E-state index in [1.54, 1.807) is 6.07 Å². The van der Waals surface area contributed by atoms with E-state index in [1.165, 1.54) is 0 Å². The summed E-state index contributed by atoms with van der Waals surface area (Å²) in [7, 11) is 0. The van der Waals surface area contributed by atoms with Gasteiger partial charge in [-0.05, 0) is 37.0 Å². The molecule has 1 aromatic carbocycles. The Bertz CT molecular complexity index is 713. The molecule has 0 saturated heterocycles. The monoisotopic (exact) mass is 310 g/mol. The number of nitrogens with zero attached hydrogens (tertiary/aromatic N) is 1. The highest BCUT2D eigenvalue weighted by Crippen LogP contribution is 2.33. The lowest BCUT2D eigenvalue weighted by Gasteiger charge is -2.12. The van der Waals surface area contributed by atoms with Gasteiger partial charge in [-0.3, -0.25) is 0 Å². The van der Waals surface area contributed by atoms with Gasteiger partial charge in [0.2, 0.25) is 0 Å². The van der Waals surface area contributed by atoms with Crippen LogP contribution < -0.4 is 0 Å². The highest BCUT2D eigenvalue weighted by Gasteiger charge is 2.19. The molecule has 1 aliphatic rings. The van der Waals surface area contributed by atoms with Crippen molar-refractivity contribution in [3.05, 3.63) is 46.0 Å². The third kappa shape index (κ3) is 2.85. The molecule has 2 aromatic rings. The summed E-state index contributed by atoms with van der Waals surface area (Å²) in [6.45, 7) is 0. The van der Waals surface area contributed by atoms with E-state index in [0.717, 1.165) is 43.5 Å². The molecule has 21 heavy (non-hydrogen) atoms. The van der Waals surface area contributed by atoms with E-state index in [4.69, 9.17) is 12.2 Å². The summed E-state index contributed by atoms with van der Waals surface area (Å²) in [5, 5.41) is 0. The molecule has 1 fully saturated rings. The first-order chi connectivity index (χ1) is 10.0. The van der Waals surface area contributed by atoms with E-state index in [9.17, 15) is 13.2 Å². The summed E-state index contributed by atoms with van der Waals surface area (Å²) in [6, 6.07) is 3.62. The summed E-state index contributed by atoms with van der Waals surface area (Å²) in [4.78, 5) is 7.17. The summed E-state index contributed by atoms with van der Waals surface area (Å²) in [5.74, 6) is -3.33. The van der Waals surface area contributed by atoms with Gasteiger partial charge in [-0.15, -0.1) is 0 Å². The van der Waals surface area contributed by atoms with Crippen LogP contribution in [-0.2, 0) is 0 Å². The molecule has 1 N–H and O–H groups in total. The number of H-pyrrole nitrogens is 1. The van der Waals surface area contributed by atoms with Crippen LogP contribution in [0.1, 0.15) is 37.3 Å². The first-order valence-corrected chi connectivity index (χ1v) is 7.21. The summed E-state index contributed by atoms with van der Waals surface area (Å²) in [5.41, 5.74) is 1.07. The van der Waals surface area contributed by atoms with Crippen LogP contribution in [0.5, 0.6) is 0 Å². The van der Waals surface area contributed by atoms with Crippen LogP contribution in [0.2, 0.25) is 0 Å². The Morgan fingerprint density at radius 2 is 1.67 bits per heavy atom. The first-order valence-electron chi connectivity index (χ1n) is 6.81. The molecule has 1 aromatic heterocycles. The van der Waals surface area contributed by atoms with Gasteiger partial charge < -0.3 is 4.98 Å². The minimum absolute atomic E-state index is 0.150. The van der Waals surface area contributed by atoms with Gasteiger partial charge in [0.25, 0.3) is 0 Å². The van der Waals surface area contributed by atoms with Crippen molar-refractivity contribution in [2.24, 2.45) is 0 Å². The summed E-state index contributed by atoms with van der Waals surface area (Å²) in [6.07, 6.45) is 4.42. The molecular weight excluding hydrogens is 297 g/mol. The van der Waals surface area contributed by atoms with E-state index < -0.39 is 17.5 Å². The second-order valence-electron chi connectivity index (χ2n) is 5.26. The maximum absolute atomic E-state index is 13.3. The normalized spacial score (nSPS) is 15.6. The second-order valence-corrected chi connectivity index (χ2v) is 5.68. The quantitative estimate of drug-likeness (QED) is 0.632. The number of halogens is 3. The predicted octanol–water partition coefficient (Wildman–Crippen LogP) is 4.88. The molecule has 1 heterocycles. The molecule has 3 rings (SSSR count). The highest BCUT2D eigenvalue weighted by molar-refractivity contribution is 7.71. The zero-order valence-corrected chi connectivity index (χ0v) is 11.9. The molecule has 0 amide bonds. The van der Waals surface area contributed by atoms with E-state index in [0.29, 0.717) is 10.6 Å². The zero-order valence-electron chi connectivity index (χ0n) is 11.1. The van der Waals surface area contributed by atoms with E-state index in [2.05, 4.69) is 9.97 Å². The maximum atomic E-state index is 13.3. The number of hydrogen-bond donors (Lipinski definition) is 1. The molecule has 0 unspecified atom stereocenters. The average Bonchev–Trinajstić information content (AvgIpc) is 2.97. The van der Waals surface area contributed by atoms with Crippen LogP contribution in [0.4, 0.5) is 13.2 Å². The molecule has 1 aliphatic carbocycles. The number of hydrogen-bond acceptors (Lipinski definition) is 2. The van der Waals surface area contributed by atoms with Crippen molar-refractivity contribution < 1.29 is 13.2 Å². The fraction of sp³-hybridized carbons (Fsp3) is 0.333. The van der Waals surface area contributed by atoms with Gasteiger partial charge in [-0.1, -0.05) is 25.1 Å². The van der Waals surface area contributed by atoms with Gasteiger partial charge in [0, 0.05) is 11.3 Å². The Balaban J connectivity index is 2.08. The van der Waals surface area contributed by atoms with Crippen molar-refractivity contribution in [1.29, 1.82) is 0 Å². The number of nitrogens with one attached hydrogen (secondary N) is 1. The van der Waals surface area contributed by atoms with Crippen LogP contribution in [-0.4, -0.2) is 9.97 Å². The lowest BCUT2D eigenvalue weighted by molar-refractivity contribution is 0.447. The zero-order chi connectivity index (χ0) is 15.0. The fourth-order valence-corrected chi connectivity index (χ4v) is 2.98. The lowest BCUT2D eigenvalue weighted by Crippen LogP contribution is -2.01. The van der Waals surface area contributed by atoms with Crippen molar-refractivity contribution in [2.75, 3.05) is 0 Å². The molecule has 0 aliphatic heterocycles. The van der Waals surface area contributed by atoms with Crippen LogP contribution in [0.25, 0.3) is 11.4 Å². The van der Waals surface area contributed by atoms with Crippen molar-refractivity contribution in [2.45, 2.75) is 31.6 Å². The van der Waals surface area contributed by atoms with Gasteiger partial charge >= 0.3 is 0 Å². The smallest absolute Gasteiger partial charge is 0.194 e. The van der Waals surface area contributed by atoms with Crippen LogP contribution >= 0.6 is 12.2 Å². The molecule has 2 nitrogen and oxygen atoms in total. The molecule has 0 radical (unpaired) electrons. The minimum atomic E-state index is -1.48. The second kappa shape index (κ2) is 5.60. The van der Waals surface area contributed by atoms with E-state index in [-0.39, 0.29) is 11.4 Å². The maximum Gasteiger partial charge on any atom is 0.194 e. The molecule has 110 valence electrons. The molecule has 0 bridgehead atoms. The van der Waals surface area contributed by atoms with Gasteiger partial charge in [0.15, 0.2) is 17.5 Å². The highest BCUT2D eigenvalue weighted by atomic mass is 32.1. The Labute approximate surface area is 125 Å². The molecule has 0 atom stereocenters. The standard InChI is InChI=1S/C15H13F3N2S/c16-10-5-9(6-11(17)14(10)18)15-19-12(7-13(21)20-15)8-3-1-2-4-8/h5-8H,1-4H2,(H,19,20,21). The number of aromatic amines is 1. The van der Waals surface area contributed by atoms with Crippen LogP contribution in [0, 0.1) is 22.1 Å². The van der Waals surface area contributed by atoms with Gasteiger partial charge in [-0.25, -0.2) is 18.2 Å². The molecule has 1 saturated carbocycles. The Hall–Kier alpha value is -1.69. The lowest BCUT2D eigenvalue weighted by atomic mass is 10.0. The third-order valence-electron chi connectivity index (χ3n) is 3.82. The largest absolute Gasteiger partial charge is 0.343 e. The minimum Gasteiger partial charge on any atom is -0.343 e. The molecule has 6 heteroatoms. The SMILES string of the molecule is Fc1cc(-c2nc(=S)cc(C3CCCC3)[nH]2)cc(F)c1F. The Morgan fingerprint density at radius 3 is 2.29 bits per heavy atom. The van der Waals surface area contributed by atoms with Crippen LogP contribution in [0.3, 0.4) is 0 Å². The van der Waals surface area contributed by atoms with E-state index in [1.807, 2.05) is 0 Å². The molecular formula is C15H13F3N2S. The number of rotatable bonds is 2. The molecule has 0 spiro atoms.